The van der Waals surface area contributed by atoms with E-state index in [0.717, 1.165) is 0 Å². The third kappa shape index (κ3) is 6.03. The molecule has 0 saturated carbocycles. The van der Waals surface area contributed by atoms with E-state index in [9.17, 15) is 24.0 Å². The van der Waals surface area contributed by atoms with Gasteiger partial charge < -0.3 is 20.2 Å². The van der Waals surface area contributed by atoms with E-state index in [1.54, 1.807) is 44.2 Å². The number of benzene rings is 1. The van der Waals surface area contributed by atoms with Crippen LogP contribution in [0.4, 0.5) is 4.79 Å². The summed E-state index contributed by atoms with van der Waals surface area (Å²) in [5, 5.41) is 5.34. The summed E-state index contributed by atoms with van der Waals surface area (Å²) in [5.41, 5.74) is 0.715. The molecule has 162 valence electrons. The molecule has 0 aliphatic carbocycles. The van der Waals surface area contributed by atoms with Crippen molar-refractivity contribution in [3.05, 3.63) is 35.9 Å². The van der Waals surface area contributed by atoms with Crippen molar-refractivity contribution >= 4 is 29.8 Å². The Morgan fingerprint density at radius 3 is 2.13 bits per heavy atom. The van der Waals surface area contributed by atoms with Crippen molar-refractivity contribution in [1.29, 1.82) is 0 Å². The van der Waals surface area contributed by atoms with Crippen LogP contribution in [0.2, 0.25) is 0 Å². The standard InChI is InChI=1S/C20H25N3O7/c1-12(2)17(19(27)29-3)22-20(28)21-14(11-13-7-5-4-6-8-13)18(26)30-23-15(24)9-10-16(23)25/h4-8,12,14,17H,9-11H2,1-3H3,(H2,21,22,28). The zero-order chi connectivity index (χ0) is 22.3. The average Bonchev–Trinajstić information content (AvgIpc) is 3.03. The zero-order valence-corrected chi connectivity index (χ0v) is 17.0. The molecule has 1 aliphatic heterocycles. The van der Waals surface area contributed by atoms with Crippen molar-refractivity contribution in [2.24, 2.45) is 5.92 Å². The Morgan fingerprint density at radius 1 is 1.00 bits per heavy atom. The molecule has 0 radical (unpaired) electrons. The van der Waals surface area contributed by atoms with E-state index in [1.165, 1.54) is 7.11 Å². The van der Waals surface area contributed by atoms with Crippen LogP contribution < -0.4 is 10.6 Å². The number of hydroxylamine groups is 2. The molecule has 1 saturated heterocycles. The van der Waals surface area contributed by atoms with Crippen molar-refractivity contribution < 1.29 is 33.5 Å². The first-order valence-corrected chi connectivity index (χ1v) is 9.49. The van der Waals surface area contributed by atoms with Gasteiger partial charge >= 0.3 is 18.0 Å². The number of rotatable bonds is 8. The zero-order valence-electron chi connectivity index (χ0n) is 17.0. The topological polar surface area (TPSA) is 131 Å². The van der Waals surface area contributed by atoms with Gasteiger partial charge in [0.1, 0.15) is 12.1 Å². The van der Waals surface area contributed by atoms with E-state index in [1.807, 2.05) is 0 Å². The van der Waals surface area contributed by atoms with Crippen molar-refractivity contribution in [2.75, 3.05) is 7.11 Å². The second kappa shape index (κ2) is 10.4. The summed E-state index contributed by atoms with van der Waals surface area (Å²) < 4.78 is 4.68. The van der Waals surface area contributed by atoms with Gasteiger partial charge in [0.2, 0.25) is 0 Å². The first-order chi connectivity index (χ1) is 14.2. The number of urea groups is 1. The molecule has 10 heteroatoms. The molecule has 1 fully saturated rings. The Labute approximate surface area is 173 Å². The second-order valence-electron chi connectivity index (χ2n) is 7.10. The molecule has 10 nitrogen and oxygen atoms in total. The number of esters is 1. The first-order valence-electron chi connectivity index (χ1n) is 9.49. The van der Waals surface area contributed by atoms with Crippen LogP contribution in [0.15, 0.2) is 30.3 Å². The van der Waals surface area contributed by atoms with Crippen molar-refractivity contribution in [3.63, 3.8) is 0 Å². The maximum Gasteiger partial charge on any atom is 0.355 e. The number of methoxy groups -OCH3 is 1. The second-order valence-corrected chi connectivity index (χ2v) is 7.10. The Balaban J connectivity index is 2.13. The molecule has 0 bridgehead atoms. The summed E-state index contributed by atoms with van der Waals surface area (Å²) in [6, 6.07) is 5.88. The molecule has 2 unspecified atom stereocenters. The Morgan fingerprint density at radius 2 is 1.60 bits per heavy atom. The van der Waals surface area contributed by atoms with Gasteiger partial charge in [-0.05, 0) is 11.5 Å². The number of amides is 4. The van der Waals surface area contributed by atoms with Gasteiger partial charge in [-0.2, -0.15) is 0 Å². The lowest BCUT2D eigenvalue weighted by Gasteiger charge is -2.23. The molecule has 2 N–H and O–H groups in total. The van der Waals surface area contributed by atoms with E-state index < -0.39 is 41.9 Å². The van der Waals surface area contributed by atoms with Gasteiger partial charge in [0.15, 0.2) is 0 Å². The monoisotopic (exact) mass is 419 g/mol. The lowest BCUT2D eigenvalue weighted by molar-refractivity contribution is -0.198. The van der Waals surface area contributed by atoms with Crippen LogP contribution in [-0.2, 0) is 35.2 Å². The maximum atomic E-state index is 12.6. The Bertz CT molecular complexity index is 794. The fourth-order valence-corrected chi connectivity index (χ4v) is 2.82. The predicted molar refractivity (Wildman–Crippen MR) is 103 cm³/mol. The van der Waals surface area contributed by atoms with Crippen LogP contribution in [-0.4, -0.2) is 54.0 Å². The van der Waals surface area contributed by atoms with Crippen LogP contribution in [0.5, 0.6) is 0 Å². The molecular formula is C20H25N3O7. The van der Waals surface area contributed by atoms with Gasteiger partial charge in [0, 0.05) is 19.3 Å². The van der Waals surface area contributed by atoms with E-state index in [2.05, 4.69) is 15.4 Å². The number of nitrogens with zero attached hydrogens (tertiary/aromatic N) is 1. The Kier molecular flexibility index (Phi) is 7.90. The molecule has 0 aromatic heterocycles. The fraction of sp³-hybridized carbons (Fsp3) is 0.450. The molecule has 1 aliphatic rings. The first kappa shape index (κ1) is 22.9. The van der Waals surface area contributed by atoms with Crippen molar-refractivity contribution in [1.82, 2.24) is 15.7 Å². The summed E-state index contributed by atoms with van der Waals surface area (Å²) in [4.78, 5) is 65.4. The summed E-state index contributed by atoms with van der Waals surface area (Å²) in [5.74, 6) is -3.11. The molecule has 0 spiro atoms. The van der Waals surface area contributed by atoms with E-state index in [0.29, 0.717) is 10.6 Å². The summed E-state index contributed by atoms with van der Waals surface area (Å²) in [6.07, 6.45) is -0.0367. The van der Waals surface area contributed by atoms with Crippen LogP contribution in [0.25, 0.3) is 0 Å². The Hall–Kier alpha value is -3.43. The fourth-order valence-electron chi connectivity index (χ4n) is 2.82. The van der Waals surface area contributed by atoms with Gasteiger partial charge in [0.25, 0.3) is 11.8 Å². The van der Waals surface area contributed by atoms with Crippen LogP contribution >= 0.6 is 0 Å². The summed E-state index contributed by atoms with van der Waals surface area (Å²) in [6.45, 7) is 3.45. The number of hydrogen-bond donors (Lipinski definition) is 2. The highest BCUT2D eigenvalue weighted by Gasteiger charge is 2.36. The maximum absolute atomic E-state index is 12.6. The molecule has 30 heavy (non-hydrogen) atoms. The third-order valence-electron chi connectivity index (χ3n) is 4.47. The van der Waals surface area contributed by atoms with Gasteiger partial charge in [-0.15, -0.1) is 5.06 Å². The van der Waals surface area contributed by atoms with Crippen LogP contribution in [0.1, 0.15) is 32.3 Å². The largest absolute Gasteiger partial charge is 0.467 e. The molecule has 1 heterocycles. The van der Waals surface area contributed by atoms with E-state index >= 15 is 0 Å². The van der Waals surface area contributed by atoms with Gasteiger partial charge in [-0.1, -0.05) is 44.2 Å². The van der Waals surface area contributed by atoms with Crippen LogP contribution in [0.3, 0.4) is 0 Å². The molecule has 1 aromatic rings. The SMILES string of the molecule is COC(=O)C(NC(=O)NC(Cc1ccccc1)C(=O)ON1C(=O)CCC1=O)C(C)C. The van der Waals surface area contributed by atoms with E-state index in [-0.39, 0.29) is 25.2 Å². The van der Waals surface area contributed by atoms with Crippen LogP contribution in [0, 0.1) is 5.92 Å². The number of carbonyl (C=O) groups excluding carboxylic acids is 5. The molecule has 4 amide bonds. The molecule has 1 aromatic carbocycles. The van der Waals surface area contributed by atoms with E-state index in [4.69, 9.17) is 4.84 Å². The average molecular weight is 419 g/mol. The quantitative estimate of drug-likeness (QED) is 0.468. The number of imide groups is 1. The smallest absolute Gasteiger partial charge is 0.355 e. The highest BCUT2D eigenvalue weighted by Crippen LogP contribution is 2.14. The minimum Gasteiger partial charge on any atom is -0.467 e. The third-order valence-corrected chi connectivity index (χ3v) is 4.47. The molecular weight excluding hydrogens is 394 g/mol. The number of carbonyl (C=O) groups is 5. The van der Waals surface area contributed by atoms with Gasteiger partial charge in [-0.3, -0.25) is 9.59 Å². The van der Waals surface area contributed by atoms with Gasteiger partial charge in [0.05, 0.1) is 7.11 Å². The normalized spacial score (nSPS) is 15.5. The number of hydrogen-bond acceptors (Lipinski definition) is 7. The van der Waals surface area contributed by atoms with Gasteiger partial charge in [-0.25, -0.2) is 14.4 Å². The highest BCUT2D eigenvalue weighted by atomic mass is 16.7. The minimum atomic E-state index is -1.21. The van der Waals surface area contributed by atoms with Crippen molar-refractivity contribution in [3.8, 4) is 0 Å². The summed E-state index contributed by atoms with van der Waals surface area (Å²) in [7, 11) is 1.21. The molecule has 2 rings (SSSR count). The summed E-state index contributed by atoms with van der Waals surface area (Å²) >= 11 is 0. The lowest BCUT2D eigenvalue weighted by atomic mass is 10.0. The predicted octanol–water partition coefficient (Wildman–Crippen LogP) is 0.702. The lowest BCUT2D eigenvalue weighted by Crippen LogP contribution is -2.54. The number of nitrogens with one attached hydrogen (secondary N) is 2. The van der Waals surface area contributed by atoms with Crippen molar-refractivity contribution in [2.45, 2.75) is 45.2 Å². The number of ether oxygens (including phenoxy) is 1. The highest BCUT2D eigenvalue weighted by molar-refractivity contribution is 6.02. The minimum absolute atomic E-state index is 0.0431. The molecule has 2 atom stereocenters.